The molecule has 1 atom stereocenters. The van der Waals surface area contributed by atoms with Gasteiger partial charge in [-0.05, 0) is 24.6 Å². The number of hydrogen-bond acceptors (Lipinski definition) is 3. The van der Waals surface area contributed by atoms with Crippen LogP contribution in [0.4, 0.5) is 14.6 Å². The second-order valence-electron chi connectivity index (χ2n) is 4.60. The summed E-state index contributed by atoms with van der Waals surface area (Å²) in [6, 6.07) is 7.07. The lowest BCUT2D eigenvalue weighted by molar-refractivity contribution is 0.0531. The van der Waals surface area contributed by atoms with Gasteiger partial charge >= 0.3 is 0 Å². The van der Waals surface area contributed by atoms with Crippen molar-refractivity contribution in [3.8, 4) is 0 Å². The molecule has 100 valence electrons. The van der Waals surface area contributed by atoms with E-state index in [0.29, 0.717) is 5.56 Å². The molecule has 0 aliphatic rings. The Morgan fingerprint density at radius 1 is 1.26 bits per heavy atom. The Morgan fingerprint density at radius 3 is 2.68 bits per heavy atom. The first-order valence-corrected chi connectivity index (χ1v) is 5.78. The van der Waals surface area contributed by atoms with E-state index in [9.17, 15) is 13.9 Å². The van der Waals surface area contributed by atoms with Crippen LogP contribution in [0, 0.1) is 11.6 Å². The minimum atomic E-state index is -1.57. The van der Waals surface area contributed by atoms with Crippen LogP contribution in [0.25, 0.3) is 0 Å². The fraction of sp³-hybridized carbons (Fsp3) is 0.214. The largest absolute Gasteiger partial charge is 0.385 e. The van der Waals surface area contributed by atoms with Crippen molar-refractivity contribution in [1.82, 2.24) is 4.98 Å². The fourth-order valence-corrected chi connectivity index (χ4v) is 1.99. The first-order chi connectivity index (χ1) is 8.92. The molecule has 19 heavy (non-hydrogen) atoms. The number of nitrogens with two attached hydrogens (primary N) is 1. The maximum absolute atomic E-state index is 13.7. The molecule has 0 amide bonds. The van der Waals surface area contributed by atoms with Gasteiger partial charge in [-0.3, -0.25) is 0 Å². The SMILES string of the molecule is CC(O)(Cc1cccnc1N)c1cccc(F)c1F. The van der Waals surface area contributed by atoms with Crippen LogP contribution in [0.3, 0.4) is 0 Å². The topological polar surface area (TPSA) is 59.1 Å². The first-order valence-electron chi connectivity index (χ1n) is 5.78. The van der Waals surface area contributed by atoms with Crippen LogP contribution in [-0.2, 0) is 12.0 Å². The predicted octanol–water partition coefficient (Wildman–Crippen LogP) is 2.39. The molecule has 1 aromatic heterocycles. The summed E-state index contributed by atoms with van der Waals surface area (Å²) in [6.45, 7) is 1.41. The molecular formula is C14H14F2N2O. The highest BCUT2D eigenvalue weighted by molar-refractivity contribution is 5.40. The summed E-state index contributed by atoms with van der Waals surface area (Å²) in [6.07, 6.45) is 1.57. The number of aliphatic hydroxyl groups is 1. The van der Waals surface area contributed by atoms with Gasteiger partial charge < -0.3 is 10.8 Å². The quantitative estimate of drug-likeness (QED) is 0.895. The Morgan fingerprint density at radius 2 is 2.00 bits per heavy atom. The molecule has 0 saturated heterocycles. The van der Waals surface area contributed by atoms with Crippen molar-refractivity contribution in [2.24, 2.45) is 0 Å². The van der Waals surface area contributed by atoms with Gasteiger partial charge in [-0.2, -0.15) is 0 Å². The Balaban J connectivity index is 2.38. The maximum atomic E-state index is 13.7. The molecule has 1 aromatic carbocycles. The third kappa shape index (κ3) is 2.71. The first kappa shape index (κ1) is 13.4. The van der Waals surface area contributed by atoms with E-state index >= 15 is 0 Å². The predicted molar refractivity (Wildman–Crippen MR) is 68.3 cm³/mol. The molecule has 1 unspecified atom stereocenters. The number of pyridine rings is 1. The van der Waals surface area contributed by atoms with Gasteiger partial charge in [0.25, 0.3) is 0 Å². The lowest BCUT2D eigenvalue weighted by Gasteiger charge is -2.25. The molecule has 0 fully saturated rings. The van der Waals surface area contributed by atoms with Gasteiger partial charge in [-0.25, -0.2) is 13.8 Å². The maximum Gasteiger partial charge on any atom is 0.164 e. The lowest BCUT2D eigenvalue weighted by atomic mass is 9.89. The highest BCUT2D eigenvalue weighted by atomic mass is 19.2. The molecule has 2 rings (SSSR count). The molecule has 0 aliphatic heterocycles. The number of rotatable bonds is 3. The van der Waals surface area contributed by atoms with E-state index in [-0.39, 0.29) is 17.8 Å². The van der Waals surface area contributed by atoms with E-state index in [4.69, 9.17) is 5.73 Å². The van der Waals surface area contributed by atoms with Crippen LogP contribution >= 0.6 is 0 Å². The number of anilines is 1. The Kier molecular flexibility index (Phi) is 3.48. The van der Waals surface area contributed by atoms with Crippen molar-refractivity contribution in [3.63, 3.8) is 0 Å². The van der Waals surface area contributed by atoms with E-state index in [0.717, 1.165) is 6.07 Å². The molecule has 3 nitrogen and oxygen atoms in total. The standard InChI is InChI=1S/C14H14F2N2O/c1-14(19,8-9-4-3-7-18-13(9)17)10-5-2-6-11(15)12(10)16/h2-7,19H,8H2,1H3,(H2,17,18). The molecule has 0 aliphatic carbocycles. The zero-order valence-electron chi connectivity index (χ0n) is 10.4. The van der Waals surface area contributed by atoms with Crippen molar-refractivity contribution in [2.45, 2.75) is 18.9 Å². The summed E-state index contributed by atoms with van der Waals surface area (Å²) in [5.41, 5.74) is 4.60. The minimum Gasteiger partial charge on any atom is -0.385 e. The summed E-state index contributed by atoms with van der Waals surface area (Å²) >= 11 is 0. The van der Waals surface area contributed by atoms with Crippen molar-refractivity contribution in [1.29, 1.82) is 0 Å². The van der Waals surface area contributed by atoms with Gasteiger partial charge in [0.15, 0.2) is 11.6 Å². The Bertz CT molecular complexity index is 600. The van der Waals surface area contributed by atoms with E-state index in [1.165, 1.54) is 25.3 Å². The summed E-state index contributed by atoms with van der Waals surface area (Å²) in [5.74, 6) is -1.77. The van der Waals surface area contributed by atoms with E-state index in [2.05, 4.69) is 4.98 Å². The molecule has 3 N–H and O–H groups in total. The molecule has 5 heteroatoms. The fourth-order valence-electron chi connectivity index (χ4n) is 1.99. The number of halogens is 2. The Hall–Kier alpha value is -2.01. The van der Waals surface area contributed by atoms with Crippen LogP contribution in [0.15, 0.2) is 36.5 Å². The van der Waals surface area contributed by atoms with Gasteiger partial charge in [-0.15, -0.1) is 0 Å². The van der Waals surface area contributed by atoms with Gasteiger partial charge in [0.2, 0.25) is 0 Å². The van der Waals surface area contributed by atoms with Crippen LogP contribution in [0.1, 0.15) is 18.1 Å². The number of benzene rings is 1. The average molecular weight is 264 g/mol. The van der Waals surface area contributed by atoms with Gasteiger partial charge in [0, 0.05) is 18.2 Å². The third-order valence-electron chi connectivity index (χ3n) is 2.99. The van der Waals surface area contributed by atoms with Gasteiger partial charge in [0.05, 0.1) is 5.60 Å². The van der Waals surface area contributed by atoms with Crippen molar-refractivity contribution < 1.29 is 13.9 Å². The summed E-state index contributed by atoms with van der Waals surface area (Å²) in [5, 5.41) is 10.4. The minimum absolute atomic E-state index is 0.0487. The smallest absolute Gasteiger partial charge is 0.164 e. The number of nitrogen functional groups attached to an aromatic ring is 1. The molecule has 1 heterocycles. The van der Waals surface area contributed by atoms with Crippen molar-refractivity contribution in [2.75, 3.05) is 5.73 Å². The van der Waals surface area contributed by atoms with Gasteiger partial charge in [0.1, 0.15) is 5.82 Å². The zero-order chi connectivity index (χ0) is 14.0. The molecule has 0 bridgehead atoms. The highest BCUT2D eigenvalue weighted by Crippen LogP contribution is 2.29. The van der Waals surface area contributed by atoms with E-state index in [1.54, 1.807) is 12.1 Å². The molecule has 2 aromatic rings. The summed E-state index contributed by atoms with van der Waals surface area (Å²) in [4.78, 5) is 3.90. The van der Waals surface area contributed by atoms with E-state index < -0.39 is 17.2 Å². The van der Waals surface area contributed by atoms with Crippen molar-refractivity contribution >= 4 is 5.82 Å². The zero-order valence-corrected chi connectivity index (χ0v) is 10.4. The lowest BCUT2D eigenvalue weighted by Crippen LogP contribution is -2.26. The number of nitrogens with zero attached hydrogens (tertiary/aromatic N) is 1. The third-order valence-corrected chi connectivity index (χ3v) is 2.99. The summed E-state index contributed by atoms with van der Waals surface area (Å²) in [7, 11) is 0. The second kappa shape index (κ2) is 4.93. The van der Waals surface area contributed by atoms with Crippen molar-refractivity contribution in [3.05, 3.63) is 59.3 Å². The van der Waals surface area contributed by atoms with Crippen LogP contribution in [-0.4, -0.2) is 10.1 Å². The number of aromatic nitrogens is 1. The molecule has 0 spiro atoms. The van der Waals surface area contributed by atoms with E-state index in [1.807, 2.05) is 0 Å². The van der Waals surface area contributed by atoms with Crippen LogP contribution in [0.2, 0.25) is 0 Å². The Labute approximate surface area is 109 Å². The number of hydrogen-bond donors (Lipinski definition) is 2. The molecule has 0 saturated carbocycles. The average Bonchev–Trinajstić information content (AvgIpc) is 2.35. The van der Waals surface area contributed by atoms with Crippen LogP contribution in [0.5, 0.6) is 0 Å². The highest BCUT2D eigenvalue weighted by Gasteiger charge is 2.29. The second-order valence-corrected chi connectivity index (χ2v) is 4.60. The van der Waals surface area contributed by atoms with Gasteiger partial charge in [-0.1, -0.05) is 18.2 Å². The monoisotopic (exact) mass is 264 g/mol. The summed E-state index contributed by atoms with van der Waals surface area (Å²) < 4.78 is 26.9. The molecular weight excluding hydrogens is 250 g/mol. The normalized spacial score (nSPS) is 14.1. The molecule has 0 radical (unpaired) electrons. The van der Waals surface area contributed by atoms with Crippen LogP contribution < -0.4 is 5.73 Å².